The monoisotopic (exact) mass is 329 g/mol. The van der Waals surface area contributed by atoms with Crippen LogP contribution in [0.3, 0.4) is 0 Å². The highest BCUT2D eigenvalue weighted by atomic mass is 16.5. The molecular weight excluding hydrogens is 310 g/mol. The van der Waals surface area contributed by atoms with Crippen molar-refractivity contribution in [1.82, 2.24) is 19.9 Å². The molecule has 2 aliphatic heterocycles. The number of carbonyl (C=O) groups is 1. The maximum absolute atomic E-state index is 12.4. The van der Waals surface area contributed by atoms with E-state index in [1.807, 2.05) is 0 Å². The number of hydrogen-bond acceptors (Lipinski definition) is 7. The van der Waals surface area contributed by atoms with Crippen LogP contribution in [0.15, 0.2) is 35.5 Å². The Morgan fingerprint density at radius 1 is 1.33 bits per heavy atom. The van der Waals surface area contributed by atoms with Crippen LogP contribution in [0.5, 0.6) is 0 Å². The van der Waals surface area contributed by atoms with Crippen molar-refractivity contribution in [2.24, 2.45) is 0 Å². The average molecular weight is 329 g/mol. The highest BCUT2D eigenvalue weighted by molar-refractivity contribution is 5.92. The number of aromatic nitrogens is 3. The van der Waals surface area contributed by atoms with Crippen LogP contribution in [0.25, 0.3) is 0 Å². The molecule has 2 saturated heterocycles. The summed E-state index contributed by atoms with van der Waals surface area (Å²) in [5.41, 5.74) is 0.0413. The molecule has 2 atom stereocenters. The molecule has 0 saturated carbocycles. The quantitative estimate of drug-likeness (QED) is 0.908. The number of hydrogen-bond donors (Lipinski definition) is 1. The second-order valence-corrected chi connectivity index (χ2v) is 6.29. The zero-order valence-electron chi connectivity index (χ0n) is 13.2. The van der Waals surface area contributed by atoms with Gasteiger partial charge in [0.2, 0.25) is 5.95 Å². The first-order chi connectivity index (χ1) is 11.7. The molecule has 8 heteroatoms. The molecule has 1 N–H and O–H groups in total. The maximum atomic E-state index is 12.4. The van der Waals surface area contributed by atoms with Crippen LogP contribution < -0.4 is 5.32 Å². The number of oxazole rings is 1. The molecule has 1 amide bonds. The first kappa shape index (κ1) is 15.1. The van der Waals surface area contributed by atoms with Gasteiger partial charge in [0.25, 0.3) is 5.91 Å². The lowest BCUT2D eigenvalue weighted by Crippen LogP contribution is -2.47. The first-order valence-corrected chi connectivity index (χ1v) is 8.09. The minimum atomic E-state index is -0.301. The summed E-state index contributed by atoms with van der Waals surface area (Å²) in [6.45, 7) is 1.91. The van der Waals surface area contributed by atoms with Crippen molar-refractivity contribution in [3.63, 3.8) is 0 Å². The molecule has 0 bridgehead atoms. The highest BCUT2D eigenvalue weighted by Crippen LogP contribution is 2.35. The van der Waals surface area contributed by atoms with E-state index < -0.39 is 0 Å². The predicted molar refractivity (Wildman–Crippen MR) is 84.4 cm³/mol. The Bertz CT molecular complexity index is 693. The molecular formula is C16H19N5O3. The van der Waals surface area contributed by atoms with E-state index in [1.165, 1.54) is 12.7 Å². The summed E-state index contributed by atoms with van der Waals surface area (Å²) in [5.74, 6) is 0.527. The fraction of sp³-hybridized carbons (Fsp3) is 0.500. The summed E-state index contributed by atoms with van der Waals surface area (Å²) in [4.78, 5) is 26.6. The Morgan fingerprint density at radius 3 is 3.00 bits per heavy atom. The Balaban J connectivity index is 1.41. The number of ether oxygens (including phenoxy) is 1. The van der Waals surface area contributed by atoms with Crippen LogP contribution in [0.1, 0.15) is 29.8 Å². The lowest BCUT2D eigenvalue weighted by atomic mass is 9.89. The molecule has 8 nitrogen and oxygen atoms in total. The van der Waals surface area contributed by atoms with Gasteiger partial charge in [0.1, 0.15) is 6.26 Å². The van der Waals surface area contributed by atoms with Crippen molar-refractivity contribution < 1.29 is 13.9 Å². The largest absolute Gasteiger partial charge is 0.451 e. The van der Waals surface area contributed by atoms with Crippen LogP contribution in [-0.4, -0.2) is 57.1 Å². The number of rotatable bonds is 3. The van der Waals surface area contributed by atoms with E-state index in [1.54, 1.807) is 23.4 Å². The van der Waals surface area contributed by atoms with E-state index in [-0.39, 0.29) is 17.6 Å². The molecule has 2 aromatic heterocycles. The Morgan fingerprint density at radius 2 is 2.21 bits per heavy atom. The maximum Gasteiger partial charge on any atom is 0.275 e. The van der Waals surface area contributed by atoms with Gasteiger partial charge in [-0.05, 0) is 25.3 Å². The molecule has 1 spiro atoms. The molecule has 2 aromatic rings. The van der Waals surface area contributed by atoms with E-state index in [0.717, 1.165) is 19.3 Å². The van der Waals surface area contributed by atoms with Gasteiger partial charge < -0.3 is 19.4 Å². The SMILES string of the molecule is O=C(c1cocn1)N1CC[C@]2(C[C@@H](Nc3ncccn3)CCO2)C1. The van der Waals surface area contributed by atoms with Crippen LogP contribution in [0, 0.1) is 0 Å². The van der Waals surface area contributed by atoms with E-state index >= 15 is 0 Å². The molecule has 4 heterocycles. The lowest BCUT2D eigenvalue weighted by molar-refractivity contribution is -0.0721. The number of carbonyl (C=O) groups excluding carboxylic acids is 1. The molecule has 0 unspecified atom stereocenters. The zero-order chi connectivity index (χ0) is 16.4. The molecule has 4 rings (SSSR count). The molecule has 24 heavy (non-hydrogen) atoms. The molecule has 0 aromatic carbocycles. The normalized spacial score (nSPS) is 26.7. The molecule has 0 aliphatic carbocycles. The molecule has 0 radical (unpaired) electrons. The van der Waals surface area contributed by atoms with Crippen molar-refractivity contribution in [2.75, 3.05) is 25.0 Å². The predicted octanol–water partition coefficient (Wildman–Crippen LogP) is 1.34. The third-order valence-corrected chi connectivity index (χ3v) is 4.65. The Kier molecular flexibility index (Phi) is 3.89. The summed E-state index contributed by atoms with van der Waals surface area (Å²) in [5, 5.41) is 3.37. The number of likely N-dealkylation sites (tertiary alicyclic amines) is 1. The molecule has 2 aliphatic rings. The van der Waals surface area contributed by atoms with Gasteiger partial charge in [-0.1, -0.05) is 0 Å². The topological polar surface area (TPSA) is 93.4 Å². The summed E-state index contributed by atoms with van der Waals surface area (Å²) in [6.07, 6.45) is 8.65. The fourth-order valence-corrected chi connectivity index (χ4v) is 3.49. The van der Waals surface area contributed by atoms with Gasteiger partial charge in [-0.25, -0.2) is 15.0 Å². The van der Waals surface area contributed by atoms with Crippen LogP contribution in [0.2, 0.25) is 0 Å². The van der Waals surface area contributed by atoms with Crippen molar-refractivity contribution in [1.29, 1.82) is 0 Å². The van der Waals surface area contributed by atoms with Crippen LogP contribution in [-0.2, 0) is 4.74 Å². The van der Waals surface area contributed by atoms with Gasteiger partial charge in [-0.2, -0.15) is 0 Å². The first-order valence-electron chi connectivity index (χ1n) is 8.09. The molecule has 126 valence electrons. The van der Waals surface area contributed by atoms with E-state index in [4.69, 9.17) is 9.15 Å². The van der Waals surface area contributed by atoms with Crippen molar-refractivity contribution in [3.8, 4) is 0 Å². The van der Waals surface area contributed by atoms with Gasteiger partial charge in [-0.15, -0.1) is 0 Å². The summed E-state index contributed by atoms with van der Waals surface area (Å²) in [7, 11) is 0. The smallest absolute Gasteiger partial charge is 0.275 e. The minimum absolute atomic E-state index is 0.106. The second-order valence-electron chi connectivity index (χ2n) is 6.29. The van der Waals surface area contributed by atoms with Crippen molar-refractivity contribution in [3.05, 3.63) is 36.8 Å². The number of nitrogens with zero attached hydrogens (tertiary/aromatic N) is 4. The Labute approximate surface area is 139 Å². The van der Waals surface area contributed by atoms with Crippen LogP contribution >= 0.6 is 0 Å². The fourth-order valence-electron chi connectivity index (χ4n) is 3.49. The highest BCUT2D eigenvalue weighted by Gasteiger charge is 2.45. The third kappa shape index (κ3) is 2.96. The van der Waals surface area contributed by atoms with Gasteiger partial charge in [-0.3, -0.25) is 4.79 Å². The van der Waals surface area contributed by atoms with E-state index in [0.29, 0.717) is 31.3 Å². The average Bonchev–Trinajstić information content (AvgIpc) is 3.26. The summed E-state index contributed by atoms with van der Waals surface area (Å²) < 4.78 is 11.0. The number of nitrogens with one attached hydrogen (secondary N) is 1. The number of amides is 1. The molecule has 2 fully saturated rings. The third-order valence-electron chi connectivity index (χ3n) is 4.65. The minimum Gasteiger partial charge on any atom is -0.451 e. The Hall–Kier alpha value is -2.48. The lowest BCUT2D eigenvalue weighted by Gasteiger charge is -2.38. The second kappa shape index (κ2) is 6.20. The zero-order valence-corrected chi connectivity index (χ0v) is 13.2. The summed E-state index contributed by atoms with van der Waals surface area (Å²) >= 11 is 0. The van der Waals surface area contributed by atoms with Crippen LogP contribution in [0.4, 0.5) is 5.95 Å². The van der Waals surface area contributed by atoms with Gasteiger partial charge >= 0.3 is 0 Å². The van der Waals surface area contributed by atoms with Crippen molar-refractivity contribution >= 4 is 11.9 Å². The van der Waals surface area contributed by atoms with E-state index in [2.05, 4.69) is 20.3 Å². The summed E-state index contributed by atoms with van der Waals surface area (Å²) in [6, 6.07) is 2.03. The van der Waals surface area contributed by atoms with Gasteiger partial charge in [0.15, 0.2) is 12.1 Å². The van der Waals surface area contributed by atoms with Crippen molar-refractivity contribution in [2.45, 2.75) is 30.9 Å². The standard InChI is InChI=1S/C16H19N5O3/c22-14(13-9-23-11-19-13)21-6-3-16(10-21)8-12(2-7-24-16)20-15-17-4-1-5-18-15/h1,4-5,9,11-12H,2-3,6-8,10H2,(H,17,18,20)/t12-,16-/m0/s1. The van der Waals surface area contributed by atoms with Gasteiger partial charge in [0, 0.05) is 31.6 Å². The number of anilines is 1. The van der Waals surface area contributed by atoms with E-state index in [9.17, 15) is 4.79 Å². The van der Waals surface area contributed by atoms with Gasteiger partial charge in [0.05, 0.1) is 12.1 Å².